The number of piperidine rings is 1. The van der Waals surface area contributed by atoms with Crippen LogP contribution in [0, 0.1) is 5.41 Å². The summed E-state index contributed by atoms with van der Waals surface area (Å²) in [6, 6.07) is 0.671. The van der Waals surface area contributed by atoms with Crippen LogP contribution in [0.2, 0.25) is 0 Å². The summed E-state index contributed by atoms with van der Waals surface area (Å²) in [5, 5.41) is 3.49. The van der Waals surface area contributed by atoms with E-state index in [0.717, 1.165) is 6.54 Å². The highest BCUT2D eigenvalue weighted by atomic mass is 15.1. The van der Waals surface area contributed by atoms with Crippen molar-refractivity contribution >= 4 is 0 Å². The molecule has 1 aliphatic rings. The van der Waals surface area contributed by atoms with E-state index in [1.54, 1.807) is 0 Å². The average Bonchev–Trinajstić information content (AvgIpc) is 2.29. The molecular formula is C14H30N2. The summed E-state index contributed by atoms with van der Waals surface area (Å²) in [4.78, 5) is 2.64. The predicted molar refractivity (Wildman–Crippen MR) is 71.8 cm³/mol. The van der Waals surface area contributed by atoms with Crippen molar-refractivity contribution in [3.05, 3.63) is 0 Å². The zero-order chi connectivity index (χ0) is 12.0. The van der Waals surface area contributed by atoms with Gasteiger partial charge in [0.1, 0.15) is 0 Å². The van der Waals surface area contributed by atoms with Crippen LogP contribution in [0.5, 0.6) is 0 Å². The van der Waals surface area contributed by atoms with Crippen molar-refractivity contribution in [3.63, 3.8) is 0 Å². The zero-order valence-corrected chi connectivity index (χ0v) is 11.7. The van der Waals surface area contributed by atoms with Crippen LogP contribution in [0.3, 0.4) is 0 Å². The van der Waals surface area contributed by atoms with Gasteiger partial charge in [0.05, 0.1) is 0 Å². The molecule has 1 fully saturated rings. The topological polar surface area (TPSA) is 15.3 Å². The Hall–Kier alpha value is -0.0800. The molecule has 0 aromatic rings. The highest BCUT2D eigenvalue weighted by Gasteiger charge is 2.27. The number of hydrogen-bond donors (Lipinski definition) is 1. The first-order valence-corrected chi connectivity index (χ1v) is 7.05. The molecule has 0 aliphatic carbocycles. The minimum absolute atomic E-state index is 0.629. The predicted octanol–water partition coefficient (Wildman–Crippen LogP) is 2.89. The monoisotopic (exact) mass is 226 g/mol. The third-order valence-electron chi connectivity index (χ3n) is 4.35. The molecule has 0 radical (unpaired) electrons. The van der Waals surface area contributed by atoms with Gasteiger partial charge >= 0.3 is 0 Å². The van der Waals surface area contributed by atoms with Gasteiger partial charge in [0.2, 0.25) is 0 Å². The Kier molecular flexibility index (Phi) is 5.77. The maximum atomic E-state index is 3.49. The highest BCUT2D eigenvalue weighted by Crippen LogP contribution is 2.33. The van der Waals surface area contributed by atoms with Crippen molar-refractivity contribution in [3.8, 4) is 0 Å². The van der Waals surface area contributed by atoms with Crippen molar-refractivity contribution in [1.29, 1.82) is 0 Å². The van der Waals surface area contributed by atoms with E-state index >= 15 is 0 Å². The summed E-state index contributed by atoms with van der Waals surface area (Å²) >= 11 is 0. The fourth-order valence-corrected chi connectivity index (χ4v) is 2.50. The lowest BCUT2D eigenvalue weighted by Gasteiger charge is -2.39. The molecule has 1 rings (SSSR count). The van der Waals surface area contributed by atoms with E-state index in [2.05, 4.69) is 37.9 Å². The fourth-order valence-electron chi connectivity index (χ4n) is 2.50. The number of rotatable bonds is 6. The van der Waals surface area contributed by atoms with E-state index in [1.165, 1.54) is 45.3 Å². The Balaban J connectivity index is 2.17. The highest BCUT2D eigenvalue weighted by molar-refractivity contribution is 4.81. The molecule has 0 spiro atoms. The molecule has 2 heteroatoms. The SMILES string of the molecule is CCNC(C)CCN1CCC(C)(CC)CC1. The van der Waals surface area contributed by atoms with Gasteiger partial charge in [0, 0.05) is 6.04 Å². The van der Waals surface area contributed by atoms with Gasteiger partial charge < -0.3 is 10.2 Å². The third kappa shape index (κ3) is 4.42. The second-order valence-electron chi connectivity index (χ2n) is 5.75. The van der Waals surface area contributed by atoms with E-state index in [9.17, 15) is 0 Å². The van der Waals surface area contributed by atoms with Gasteiger partial charge in [0.15, 0.2) is 0 Å². The molecule has 1 aliphatic heterocycles. The molecule has 0 aromatic carbocycles. The Morgan fingerprint density at radius 2 is 1.88 bits per heavy atom. The fraction of sp³-hybridized carbons (Fsp3) is 1.00. The standard InChI is InChI=1S/C14H30N2/c1-5-14(4)8-11-16(12-9-14)10-7-13(3)15-6-2/h13,15H,5-12H2,1-4H3. The van der Waals surface area contributed by atoms with Crippen LogP contribution < -0.4 is 5.32 Å². The normalized spacial score (nSPS) is 23.2. The van der Waals surface area contributed by atoms with Gasteiger partial charge in [-0.3, -0.25) is 0 Å². The van der Waals surface area contributed by atoms with Gasteiger partial charge in [-0.25, -0.2) is 0 Å². The van der Waals surface area contributed by atoms with Crippen LogP contribution in [0.1, 0.15) is 53.4 Å². The maximum Gasteiger partial charge on any atom is 0.00507 e. The number of hydrogen-bond acceptors (Lipinski definition) is 2. The van der Waals surface area contributed by atoms with E-state index in [4.69, 9.17) is 0 Å². The molecule has 16 heavy (non-hydrogen) atoms. The van der Waals surface area contributed by atoms with Crippen LogP contribution in [0.25, 0.3) is 0 Å². The van der Waals surface area contributed by atoms with E-state index in [1.807, 2.05) is 0 Å². The van der Waals surface area contributed by atoms with Crippen molar-refractivity contribution in [2.75, 3.05) is 26.2 Å². The summed E-state index contributed by atoms with van der Waals surface area (Å²) in [6.07, 6.45) is 5.41. The first-order valence-electron chi connectivity index (χ1n) is 7.05. The largest absolute Gasteiger partial charge is 0.314 e. The molecule has 1 atom stereocenters. The summed E-state index contributed by atoms with van der Waals surface area (Å²) < 4.78 is 0. The molecule has 0 amide bonds. The molecule has 1 N–H and O–H groups in total. The molecule has 96 valence electrons. The van der Waals surface area contributed by atoms with Gasteiger partial charge in [-0.1, -0.05) is 27.2 Å². The van der Waals surface area contributed by atoms with Crippen LogP contribution in [-0.2, 0) is 0 Å². The minimum atomic E-state index is 0.629. The zero-order valence-electron chi connectivity index (χ0n) is 11.7. The molecule has 1 heterocycles. The van der Waals surface area contributed by atoms with Crippen LogP contribution in [0.15, 0.2) is 0 Å². The van der Waals surface area contributed by atoms with E-state index in [0.29, 0.717) is 11.5 Å². The summed E-state index contributed by atoms with van der Waals surface area (Å²) in [5.74, 6) is 0. The number of likely N-dealkylation sites (tertiary alicyclic amines) is 1. The van der Waals surface area contributed by atoms with Crippen LogP contribution >= 0.6 is 0 Å². The first kappa shape index (κ1) is 14.0. The van der Waals surface area contributed by atoms with Crippen molar-refractivity contribution < 1.29 is 0 Å². The van der Waals surface area contributed by atoms with Crippen molar-refractivity contribution in [2.24, 2.45) is 5.41 Å². The number of nitrogens with zero attached hydrogens (tertiary/aromatic N) is 1. The lowest BCUT2D eigenvalue weighted by Crippen LogP contribution is -2.40. The maximum absolute atomic E-state index is 3.49. The Morgan fingerprint density at radius 3 is 2.38 bits per heavy atom. The first-order chi connectivity index (χ1) is 7.59. The Bertz CT molecular complexity index is 183. The van der Waals surface area contributed by atoms with Gasteiger partial charge in [-0.2, -0.15) is 0 Å². The lowest BCUT2D eigenvalue weighted by molar-refractivity contribution is 0.112. The van der Waals surface area contributed by atoms with Crippen LogP contribution in [0.4, 0.5) is 0 Å². The molecule has 1 unspecified atom stereocenters. The molecule has 0 bridgehead atoms. The third-order valence-corrected chi connectivity index (χ3v) is 4.35. The van der Waals surface area contributed by atoms with Gasteiger partial charge in [-0.15, -0.1) is 0 Å². The van der Waals surface area contributed by atoms with Crippen LogP contribution in [-0.4, -0.2) is 37.1 Å². The number of nitrogens with one attached hydrogen (secondary N) is 1. The second-order valence-corrected chi connectivity index (χ2v) is 5.75. The van der Waals surface area contributed by atoms with E-state index in [-0.39, 0.29) is 0 Å². The van der Waals surface area contributed by atoms with Crippen molar-refractivity contribution in [1.82, 2.24) is 10.2 Å². The van der Waals surface area contributed by atoms with Crippen molar-refractivity contribution in [2.45, 2.75) is 59.4 Å². The summed E-state index contributed by atoms with van der Waals surface area (Å²) in [5.41, 5.74) is 0.629. The quantitative estimate of drug-likeness (QED) is 0.749. The lowest BCUT2D eigenvalue weighted by atomic mass is 9.78. The average molecular weight is 226 g/mol. The second kappa shape index (κ2) is 6.61. The summed E-state index contributed by atoms with van der Waals surface area (Å²) in [7, 11) is 0. The Labute approximate surface area is 102 Å². The molecule has 0 aromatic heterocycles. The van der Waals surface area contributed by atoms with E-state index < -0.39 is 0 Å². The van der Waals surface area contributed by atoms with Gasteiger partial charge in [-0.05, 0) is 57.8 Å². The minimum Gasteiger partial charge on any atom is -0.314 e. The molecular weight excluding hydrogens is 196 g/mol. The smallest absolute Gasteiger partial charge is 0.00507 e. The summed E-state index contributed by atoms with van der Waals surface area (Å²) in [6.45, 7) is 14.2. The molecule has 0 saturated carbocycles. The molecule has 2 nitrogen and oxygen atoms in total. The molecule has 1 saturated heterocycles. The Morgan fingerprint density at radius 1 is 1.25 bits per heavy atom. The van der Waals surface area contributed by atoms with Gasteiger partial charge in [0.25, 0.3) is 0 Å².